The van der Waals surface area contributed by atoms with Gasteiger partial charge in [0.25, 0.3) is 0 Å². The second kappa shape index (κ2) is 13.9. The molecular formula is C33H41N5O. The van der Waals surface area contributed by atoms with Crippen molar-refractivity contribution in [3.63, 3.8) is 0 Å². The molecule has 1 aliphatic heterocycles. The lowest BCUT2D eigenvalue weighted by Gasteiger charge is -2.29. The number of morpholine rings is 1. The van der Waals surface area contributed by atoms with Gasteiger partial charge in [0.05, 0.1) is 36.0 Å². The molecule has 3 heterocycles. The highest BCUT2D eigenvalue weighted by molar-refractivity contribution is 6.04. The number of fused-ring (bicyclic) bond motifs is 1. The van der Waals surface area contributed by atoms with Gasteiger partial charge in [-0.3, -0.25) is 4.99 Å². The Morgan fingerprint density at radius 2 is 1.85 bits per heavy atom. The second-order valence-electron chi connectivity index (χ2n) is 9.70. The number of aromatic nitrogens is 3. The summed E-state index contributed by atoms with van der Waals surface area (Å²) >= 11 is 0. The first-order chi connectivity index (χ1) is 19.1. The van der Waals surface area contributed by atoms with Crippen LogP contribution in [0.5, 0.6) is 0 Å². The normalized spacial score (nSPS) is 16.6. The van der Waals surface area contributed by atoms with E-state index in [9.17, 15) is 0 Å². The molecule has 0 radical (unpaired) electrons. The van der Waals surface area contributed by atoms with Crippen LogP contribution in [-0.2, 0) is 4.74 Å². The lowest BCUT2D eigenvalue weighted by atomic mass is 9.99. The van der Waals surface area contributed by atoms with E-state index >= 15 is 0 Å². The van der Waals surface area contributed by atoms with Crippen LogP contribution in [0.15, 0.2) is 83.9 Å². The molecule has 1 atom stereocenters. The largest absolute Gasteiger partial charge is 0.378 e. The standard InChI is InChI=1S/C33H41N5O/c1-6-10-12-16-26(15-7-2)29-23-31-34-30(24-32(38(31)36-29)37-19-21-39-22-20-37)33(25(5)8-3)35-28(9-4)27-17-13-11-14-18-27/h7,9-18,23-25H,6,8,19-22H2,1-5H3/b12-10+,15-7-,26-16+,28-9-,35-33+. The van der Waals surface area contributed by atoms with E-state index in [-0.39, 0.29) is 5.92 Å². The van der Waals surface area contributed by atoms with Crippen LogP contribution in [0.4, 0.5) is 5.82 Å². The minimum Gasteiger partial charge on any atom is -0.378 e. The van der Waals surface area contributed by atoms with Gasteiger partial charge in [-0.1, -0.05) is 87.6 Å². The summed E-state index contributed by atoms with van der Waals surface area (Å²) in [5, 5.41) is 5.04. The maximum absolute atomic E-state index is 5.67. The monoisotopic (exact) mass is 523 g/mol. The van der Waals surface area contributed by atoms with Gasteiger partial charge >= 0.3 is 0 Å². The Morgan fingerprint density at radius 3 is 2.51 bits per heavy atom. The third kappa shape index (κ3) is 6.82. The summed E-state index contributed by atoms with van der Waals surface area (Å²) in [6.07, 6.45) is 14.5. The quantitative estimate of drug-likeness (QED) is 0.205. The Balaban J connectivity index is 1.91. The number of ether oxygens (including phenoxy) is 1. The van der Waals surface area contributed by atoms with Gasteiger partial charge in [0.2, 0.25) is 0 Å². The maximum atomic E-state index is 5.67. The summed E-state index contributed by atoms with van der Waals surface area (Å²) < 4.78 is 7.65. The predicted molar refractivity (Wildman–Crippen MR) is 164 cm³/mol. The van der Waals surface area contributed by atoms with Crippen LogP contribution in [0.25, 0.3) is 16.9 Å². The van der Waals surface area contributed by atoms with Gasteiger partial charge in [-0.15, -0.1) is 0 Å². The number of hydrogen-bond acceptors (Lipinski definition) is 5. The third-order valence-electron chi connectivity index (χ3n) is 6.96. The number of aliphatic imine (C=N–C) groups is 1. The fourth-order valence-electron chi connectivity index (χ4n) is 4.61. The average molecular weight is 524 g/mol. The topological polar surface area (TPSA) is 55.0 Å². The summed E-state index contributed by atoms with van der Waals surface area (Å²) in [5.41, 5.74) is 6.70. The Hall–Kier alpha value is -3.77. The van der Waals surface area contributed by atoms with E-state index in [1.165, 1.54) is 0 Å². The van der Waals surface area contributed by atoms with Crippen molar-refractivity contribution in [1.82, 2.24) is 14.6 Å². The zero-order chi connectivity index (χ0) is 27.6. The Kier molecular flexibility index (Phi) is 10.0. The van der Waals surface area contributed by atoms with E-state index in [0.29, 0.717) is 13.2 Å². The Bertz CT molecular complexity index is 1390. The van der Waals surface area contributed by atoms with Crippen molar-refractivity contribution >= 4 is 28.4 Å². The van der Waals surface area contributed by atoms with Crippen LogP contribution in [0.1, 0.15) is 64.4 Å². The molecule has 0 spiro atoms. The summed E-state index contributed by atoms with van der Waals surface area (Å²) in [6.45, 7) is 13.7. The Labute approximate surface area is 233 Å². The first kappa shape index (κ1) is 28.2. The van der Waals surface area contributed by atoms with Crippen molar-refractivity contribution in [2.45, 2.75) is 47.5 Å². The molecule has 1 aromatic carbocycles. The molecule has 39 heavy (non-hydrogen) atoms. The molecule has 0 amide bonds. The molecule has 0 bridgehead atoms. The molecule has 0 saturated carbocycles. The van der Waals surface area contributed by atoms with Gasteiger partial charge in [-0.2, -0.15) is 9.61 Å². The van der Waals surface area contributed by atoms with Crippen LogP contribution >= 0.6 is 0 Å². The molecule has 1 unspecified atom stereocenters. The zero-order valence-corrected chi connectivity index (χ0v) is 24.0. The number of nitrogens with zero attached hydrogens (tertiary/aromatic N) is 5. The lowest BCUT2D eigenvalue weighted by molar-refractivity contribution is 0.122. The highest BCUT2D eigenvalue weighted by Crippen LogP contribution is 2.27. The highest BCUT2D eigenvalue weighted by atomic mass is 16.5. The molecular weight excluding hydrogens is 482 g/mol. The van der Waals surface area contributed by atoms with Gasteiger partial charge in [0, 0.05) is 36.7 Å². The number of anilines is 1. The van der Waals surface area contributed by atoms with Gasteiger partial charge in [-0.25, -0.2) is 4.98 Å². The molecule has 6 heteroatoms. The minimum absolute atomic E-state index is 0.233. The second-order valence-corrected chi connectivity index (χ2v) is 9.70. The first-order valence-corrected chi connectivity index (χ1v) is 14.1. The number of benzene rings is 1. The first-order valence-electron chi connectivity index (χ1n) is 14.1. The van der Waals surface area contributed by atoms with Crippen LogP contribution in [0.3, 0.4) is 0 Å². The van der Waals surface area contributed by atoms with Gasteiger partial charge in [-0.05, 0) is 32.3 Å². The fraction of sp³-hybridized carbons (Fsp3) is 0.364. The SMILES string of the molecule is C\C=C/C(=C\C=C\CC)c1cc2nc(/C(=N/C(=C\C)c3ccccc3)C(C)CC)cc(N3CCOCC3)n2n1. The summed E-state index contributed by atoms with van der Waals surface area (Å²) in [4.78, 5) is 12.7. The minimum atomic E-state index is 0.233. The molecule has 1 saturated heterocycles. The highest BCUT2D eigenvalue weighted by Gasteiger charge is 2.22. The summed E-state index contributed by atoms with van der Waals surface area (Å²) in [7, 11) is 0. The van der Waals surface area contributed by atoms with E-state index in [4.69, 9.17) is 19.8 Å². The summed E-state index contributed by atoms with van der Waals surface area (Å²) in [5.74, 6) is 1.25. The van der Waals surface area contributed by atoms with Crippen molar-refractivity contribution in [3.05, 3.63) is 95.9 Å². The van der Waals surface area contributed by atoms with E-state index in [1.54, 1.807) is 0 Å². The number of allylic oxidation sites excluding steroid dienone is 7. The molecule has 1 fully saturated rings. The van der Waals surface area contributed by atoms with E-state index < -0.39 is 0 Å². The van der Waals surface area contributed by atoms with Crippen LogP contribution in [-0.4, -0.2) is 46.6 Å². The lowest BCUT2D eigenvalue weighted by Crippen LogP contribution is -2.37. The van der Waals surface area contributed by atoms with Crippen LogP contribution in [0, 0.1) is 5.92 Å². The number of rotatable bonds is 10. The number of hydrogen-bond donors (Lipinski definition) is 0. The van der Waals surface area contributed by atoms with Gasteiger partial charge in [0.15, 0.2) is 5.65 Å². The molecule has 6 nitrogen and oxygen atoms in total. The molecule has 4 rings (SSSR count). The third-order valence-corrected chi connectivity index (χ3v) is 6.96. The van der Waals surface area contributed by atoms with Crippen LogP contribution < -0.4 is 4.90 Å². The van der Waals surface area contributed by atoms with Crippen molar-refractivity contribution < 1.29 is 4.74 Å². The Morgan fingerprint density at radius 1 is 1.08 bits per heavy atom. The smallest absolute Gasteiger partial charge is 0.158 e. The fourth-order valence-corrected chi connectivity index (χ4v) is 4.61. The van der Waals surface area contributed by atoms with Crippen molar-refractivity contribution in [3.8, 4) is 0 Å². The molecule has 1 aliphatic rings. The van der Waals surface area contributed by atoms with Crippen molar-refractivity contribution in [2.24, 2.45) is 10.9 Å². The van der Waals surface area contributed by atoms with Crippen molar-refractivity contribution in [2.75, 3.05) is 31.2 Å². The molecule has 0 N–H and O–H groups in total. The molecule has 0 aliphatic carbocycles. The predicted octanol–water partition coefficient (Wildman–Crippen LogP) is 7.39. The van der Waals surface area contributed by atoms with Gasteiger partial charge < -0.3 is 9.64 Å². The molecule has 204 valence electrons. The van der Waals surface area contributed by atoms with E-state index in [0.717, 1.165) is 71.3 Å². The van der Waals surface area contributed by atoms with Crippen molar-refractivity contribution in [1.29, 1.82) is 0 Å². The maximum Gasteiger partial charge on any atom is 0.158 e. The molecule has 3 aromatic rings. The van der Waals surface area contributed by atoms with E-state index in [2.05, 4.69) is 92.4 Å². The molecule has 2 aromatic heterocycles. The zero-order valence-electron chi connectivity index (χ0n) is 24.0. The summed E-state index contributed by atoms with van der Waals surface area (Å²) in [6, 6.07) is 14.6. The van der Waals surface area contributed by atoms with Gasteiger partial charge in [0.1, 0.15) is 5.82 Å². The average Bonchev–Trinajstić information content (AvgIpc) is 3.41. The van der Waals surface area contributed by atoms with E-state index in [1.807, 2.05) is 30.5 Å². The van der Waals surface area contributed by atoms with Crippen LogP contribution in [0.2, 0.25) is 0 Å².